The molecule has 0 fully saturated rings. The van der Waals surface area contributed by atoms with Crippen LogP contribution in [0.3, 0.4) is 0 Å². The zero-order valence-corrected chi connectivity index (χ0v) is 12.9. The molecule has 3 N–H and O–H groups in total. The number of fused-ring (bicyclic) bond motifs is 2. The van der Waals surface area contributed by atoms with E-state index in [9.17, 15) is 14.3 Å². The van der Waals surface area contributed by atoms with E-state index in [1.165, 1.54) is 12.1 Å². The molecular weight excluding hydrogens is 307 g/mol. The molecule has 1 aromatic heterocycles. The summed E-state index contributed by atoms with van der Waals surface area (Å²) < 4.78 is 13.4. The van der Waals surface area contributed by atoms with Crippen LogP contribution in [0, 0.1) is 5.82 Å². The summed E-state index contributed by atoms with van der Waals surface area (Å²) in [6, 6.07) is 11.8. The number of aliphatic hydroxyl groups is 1. The van der Waals surface area contributed by atoms with E-state index in [4.69, 9.17) is 0 Å². The van der Waals surface area contributed by atoms with Crippen molar-refractivity contribution in [3.05, 3.63) is 71.2 Å². The van der Waals surface area contributed by atoms with Crippen molar-refractivity contribution >= 4 is 16.8 Å². The van der Waals surface area contributed by atoms with E-state index < -0.39 is 12.1 Å². The maximum absolute atomic E-state index is 13.4. The number of hydrogen-bond acceptors (Lipinski definition) is 2. The third-order valence-corrected chi connectivity index (χ3v) is 4.60. The lowest BCUT2D eigenvalue weighted by atomic mass is 10.1. The lowest BCUT2D eigenvalue weighted by molar-refractivity contribution is -0.121. The number of benzene rings is 2. The Morgan fingerprint density at radius 2 is 2.12 bits per heavy atom. The van der Waals surface area contributed by atoms with Crippen LogP contribution in [-0.4, -0.2) is 22.1 Å². The van der Waals surface area contributed by atoms with E-state index in [2.05, 4.69) is 10.3 Å². The lowest BCUT2D eigenvalue weighted by Crippen LogP contribution is -2.34. The Morgan fingerprint density at radius 1 is 1.29 bits per heavy atom. The predicted octanol–water partition coefficient (Wildman–Crippen LogP) is 2.62. The van der Waals surface area contributed by atoms with Gasteiger partial charge in [0.25, 0.3) is 0 Å². The van der Waals surface area contributed by atoms with Gasteiger partial charge in [-0.05, 0) is 34.9 Å². The van der Waals surface area contributed by atoms with Crippen LogP contribution >= 0.6 is 0 Å². The highest BCUT2D eigenvalue weighted by atomic mass is 19.1. The van der Waals surface area contributed by atoms with Crippen LogP contribution in [0.25, 0.3) is 10.9 Å². The van der Waals surface area contributed by atoms with E-state index >= 15 is 0 Å². The van der Waals surface area contributed by atoms with Crippen molar-refractivity contribution in [1.82, 2.24) is 10.3 Å². The number of aliphatic hydroxyl groups excluding tert-OH is 1. The minimum Gasteiger partial charge on any atom is -0.390 e. The Labute approximate surface area is 138 Å². The Bertz CT molecular complexity index is 919. The van der Waals surface area contributed by atoms with Crippen molar-refractivity contribution in [2.75, 3.05) is 0 Å². The highest BCUT2D eigenvalue weighted by Crippen LogP contribution is 2.31. The molecule has 0 radical (unpaired) electrons. The number of aromatic nitrogens is 1. The quantitative estimate of drug-likeness (QED) is 0.693. The van der Waals surface area contributed by atoms with Gasteiger partial charge in [0.2, 0.25) is 5.91 Å². The van der Waals surface area contributed by atoms with Crippen LogP contribution in [0.2, 0.25) is 0 Å². The molecule has 2 aromatic carbocycles. The number of hydrogen-bond donors (Lipinski definition) is 3. The molecule has 1 aliphatic rings. The first kappa shape index (κ1) is 14.9. The topological polar surface area (TPSA) is 65.1 Å². The number of aromatic amines is 1. The van der Waals surface area contributed by atoms with Crippen LogP contribution in [0.5, 0.6) is 0 Å². The number of H-pyrrole nitrogens is 1. The lowest BCUT2D eigenvalue weighted by Gasteiger charge is -2.17. The summed E-state index contributed by atoms with van der Waals surface area (Å²) in [5.41, 5.74) is 3.56. The first-order chi connectivity index (χ1) is 11.6. The van der Waals surface area contributed by atoms with Crippen LogP contribution in [-0.2, 0) is 17.6 Å². The molecule has 2 atom stereocenters. The van der Waals surface area contributed by atoms with Gasteiger partial charge in [-0.25, -0.2) is 4.39 Å². The molecule has 1 aliphatic carbocycles. The van der Waals surface area contributed by atoms with E-state index in [1.807, 2.05) is 24.3 Å². The molecule has 0 aliphatic heterocycles. The van der Waals surface area contributed by atoms with Gasteiger partial charge in [-0.1, -0.05) is 24.3 Å². The zero-order chi connectivity index (χ0) is 16.7. The Kier molecular flexibility index (Phi) is 3.58. The highest BCUT2D eigenvalue weighted by Gasteiger charge is 2.31. The minimum atomic E-state index is -0.619. The first-order valence-corrected chi connectivity index (χ1v) is 7.92. The number of rotatable bonds is 3. The largest absolute Gasteiger partial charge is 0.390 e. The van der Waals surface area contributed by atoms with E-state index in [0.29, 0.717) is 11.8 Å². The SMILES string of the molecule is O=C(Cc1c[nH]c2ccc(F)cc12)N[C@H]1c2ccccc2C[C@H]1O. The minimum absolute atomic E-state index is 0.134. The summed E-state index contributed by atoms with van der Waals surface area (Å²) in [6.45, 7) is 0. The summed E-state index contributed by atoms with van der Waals surface area (Å²) in [5, 5.41) is 13.8. The molecule has 4 nitrogen and oxygen atoms in total. The van der Waals surface area contributed by atoms with Crippen molar-refractivity contribution in [3.8, 4) is 0 Å². The van der Waals surface area contributed by atoms with Crippen LogP contribution < -0.4 is 5.32 Å². The fourth-order valence-electron chi connectivity index (χ4n) is 3.44. The summed E-state index contributed by atoms with van der Waals surface area (Å²) in [5.74, 6) is -0.523. The summed E-state index contributed by atoms with van der Waals surface area (Å²) in [6.07, 6.45) is 1.78. The Hall–Kier alpha value is -2.66. The van der Waals surface area contributed by atoms with Crippen LogP contribution in [0.1, 0.15) is 22.7 Å². The molecule has 0 spiro atoms. The summed E-state index contributed by atoms with van der Waals surface area (Å²) in [7, 11) is 0. The normalized spacial score (nSPS) is 19.4. The molecule has 0 saturated carbocycles. The van der Waals surface area contributed by atoms with Crippen molar-refractivity contribution in [2.45, 2.75) is 25.0 Å². The van der Waals surface area contributed by atoms with Gasteiger partial charge in [-0.2, -0.15) is 0 Å². The molecule has 5 heteroatoms. The van der Waals surface area contributed by atoms with E-state index in [-0.39, 0.29) is 18.1 Å². The fraction of sp³-hybridized carbons (Fsp3) is 0.211. The van der Waals surface area contributed by atoms with Crippen molar-refractivity contribution in [3.63, 3.8) is 0 Å². The standard InChI is InChI=1S/C19H17FN2O2/c20-13-5-6-16-15(9-13)12(10-21-16)8-18(24)22-19-14-4-2-1-3-11(14)7-17(19)23/h1-6,9-10,17,19,21,23H,7-8H2,(H,22,24)/t17-,19+/m1/s1. The molecule has 24 heavy (non-hydrogen) atoms. The number of halogens is 1. The number of carbonyl (C=O) groups is 1. The van der Waals surface area contributed by atoms with Gasteiger partial charge in [0, 0.05) is 23.5 Å². The fourth-order valence-corrected chi connectivity index (χ4v) is 3.44. The van der Waals surface area contributed by atoms with Gasteiger partial charge in [0.1, 0.15) is 5.82 Å². The monoisotopic (exact) mass is 324 g/mol. The van der Waals surface area contributed by atoms with Crippen molar-refractivity contribution < 1.29 is 14.3 Å². The zero-order valence-electron chi connectivity index (χ0n) is 12.9. The number of carbonyl (C=O) groups excluding carboxylic acids is 1. The van der Waals surface area contributed by atoms with Gasteiger partial charge in [0.15, 0.2) is 0 Å². The molecule has 0 unspecified atom stereocenters. The molecular formula is C19H17FN2O2. The van der Waals surface area contributed by atoms with Crippen LogP contribution in [0.4, 0.5) is 4.39 Å². The third kappa shape index (κ3) is 2.57. The van der Waals surface area contributed by atoms with Gasteiger partial charge in [0.05, 0.1) is 18.6 Å². The second kappa shape index (κ2) is 5.76. The number of amides is 1. The summed E-state index contributed by atoms with van der Waals surface area (Å²) >= 11 is 0. The highest BCUT2D eigenvalue weighted by molar-refractivity contribution is 5.89. The van der Waals surface area contributed by atoms with Gasteiger partial charge < -0.3 is 15.4 Å². The first-order valence-electron chi connectivity index (χ1n) is 7.92. The van der Waals surface area contributed by atoms with Crippen LogP contribution in [0.15, 0.2) is 48.7 Å². The van der Waals surface area contributed by atoms with E-state index in [0.717, 1.165) is 22.2 Å². The number of nitrogens with one attached hydrogen (secondary N) is 2. The van der Waals surface area contributed by atoms with E-state index in [1.54, 1.807) is 12.3 Å². The maximum atomic E-state index is 13.4. The average molecular weight is 324 g/mol. The molecule has 0 bridgehead atoms. The Morgan fingerprint density at radius 3 is 3.00 bits per heavy atom. The van der Waals surface area contributed by atoms with Crippen molar-refractivity contribution in [1.29, 1.82) is 0 Å². The van der Waals surface area contributed by atoms with Gasteiger partial charge in [-0.15, -0.1) is 0 Å². The molecule has 1 amide bonds. The predicted molar refractivity (Wildman–Crippen MR) is 89.0 cm³/mol. The molecule has 1 heterocycles. The summed E-state index contributed by atoms with van der Waals surface area (Å²) in [4.78, 5) is 15.5. The average Bonchev–Trinajstić information content (AvgIpc) is 3.09. The Balaban J connectivity index is 1.54. The second-order valence-electron chi connectivity index (χ2n) is 6.20. The third-order valence-electron chi connectivity index (χ3n) is 4.60. The van der Waals surface area contributed by atoms with Crippen molar-refractivity contribution in [2.24, 2.45) is 0 Å². The maximum Gasteiger partial charge on any atom is 0.225 e. The molecule has 3 aromatic rings. The molecule has 4 rings (SSSR count). The smallest absolute Gasteiger partial charge is 0.225 e. The van der Waals surface area contributed by atoms with Gasteiger partial charge in [-0.3, -0.25) is 4.79 Å². The molecule has 0 saturated heterocycles. The molecule has 122 valence electrons. The second-order valence-corrected chi connectivity index (χ2v) is 6.20. The van der Waals surface area contributed by atoms with Gasteiger partial charge >= 0.3 is 0 Å².